The van der Waals surface area contributed by atoms with E-state index in [2.05, 4.69) is 0 Å². The van der Waals surface area contributed by atoms with E-state index in [0.717, 1.165) is 5.56 Å². The Morgan fingerprint density at radius 1 is 1.25 bits per heavy atom. The minimum absolute atomic E-state index is 0.406. The Kier molecular flexibility index (Phi) is 5.69. The number of hydrogen-bond acceptors (Lipinski definition) is 3. The summed E-state index contributed by atoms with van der Waals surface area (Å²) in [7, 11) is -3.67. The fourth-order valence-corrected chi connectivity index (χ4v) is 0.884. The van der Waals surface area contributed by atoms with E-state index in [9.17, 15) is 13.2 Å². The van der Waals surface area contributed by atoms with Crippen LogP contribution in [-0.4, -0.2) is 30.3 Å². The molecule has 1 unspecified atom stereocenters. The average Bonchev–Trinajstić information content (AvgIpc) is 2.15. The van der Waals surface area contributed by atoms with Crippen molar-refractivity contribution in [3.63, 3.8) is 0 Å². The van der Waals surface area contributed by atoms with Crippen LogP contribution in [0.2, 0.25) is 0 Å². The lowest BCUT2D eigenvalue weighted by Gasteiger charge is -2.04. The fourth-order valence-electron chi connectivity index (χ4n) is 0.884. The molecule has 0 heterocycles. The van der Waals surface area contributed by atoms with Gasteiger partial charge in [-0.25, -0.2) is 0 Å². The van der Waals surface area contributed by atoms with Crippen molar-refractivity contribution < 1.29 is 22.9 Å². The van der Waals surface area contributed by atoms with Crippen LogP contribution >= 0.6 is 0 Å². The van der Waals surface area contributed by atoms with E-state index < -0.39 is 22.0 Å². The first-order chi connectivity index (χ1) is 7.22. The second-order valence-corrected chi connectivity index (χ2v) is 4.67. The highest BCUT2D eigenvalue weighted by molar-refractivity contribution is 7.85. The molecule has 0 fully saturated rings. The van der Waals surface area contributed by atoms with Crippen LogP contribution in [0.4, 0.5) is 0 Å². The first kappa shape index (κ1) is 14.6. The predicted octanol–water partition coefficient (Wildman–Crippen LogP) is 1.38. The summed E-state index contributed by atoms with van der Waals surface area (Å²) in [5.74, 6) is -1.19. The summed E-state index contributed by atoms with van der Waals surface area (Å²) >= 11 is 0. The number of carbonyl (C=O) groups is 1. The zero-order chi connectivity index (χ0) is 12.8. The van der Waals surface area contributed by atoms with E-state index in [0.29, 0.717) is 6.26 Å². The van der Waals surface area contributed by atoms with Gasteiger partial charge in [-0.05, 0) is 12.5 Å². The molecule has 0 aliphatic heterocycles. The lowest BCUT2D eigenvalue weighted by atomic mass is 10.0. The van der Waals surface area contributed by atoms with Gasteiger partial charge in [-0.1, -0.05) is 30.3 Å². The number of carboxylic acids is 1. The third kappa shape index (κ3) is 7.95. The van der Waals surface area contributed by atoms with Crippen molar-refractivity contribution in [2.45, 2.75) is 12.8 Å². The van der Waals surface area contributed by atoms with Gasteiger partial charge in [0.15, 0.2) is 0 Å². The molecule has 0 amide bonds. The zero-order valence-electron chi connectivity index (χ0n) is 8.99. The molecule has 1 rings (SSSR count). The van der Waals surface area contributed by atoms with Crippen LogP contribution in [0.25, 0.3) is 0 Å². The summed E-state index contributed by atoms with van der Waals surface area (Å²) in [6.07, 6.45) is 0.715. The van der Waals surface area contributed by atoms with Crippen LogP contribution in [0.3, 0.4) is 0 Å². The highest BCUT2D eigenvalue weighted by atomic mass is 32.2. The third-order valence-corrected chi connectivity index (χ3v) is 1.67. The van der Waals surface area contributed by atoms with Crippen molar-refractivity contribution >= 4 is 16.1 Å². The Bertz CT molecular complexity index is 416. The van der Waals surface area contributed by atoms with Gasteiger partial charge >= 0.3 is 5.97 Å². The maximum absolute atomic E-state index is 10.5. The van der Waals surface area contributed by atoms with Crippen LogP contribution in [0.1, 0.15) is 18.4 Å². The van der Waals surface area contributed by atoms with Crippen molar-refractivity contribution in [3.05, 3.63) is 35.9 Å². The van der Waals surface area contributed by atoms with Gasteiger partial charge in [-0.2, -0.15) is 8.42 Å². The van der Waals surface area contributed by atoms with E-state index in [-0.39, 0.29) is 0 Å². The standard InChI is InChI=1S/C9H10O2.CH4O3S/c1-7(9(10)11)8-5-3-2-4-6-8;1-5(2,3)4/h2-7H,1H3,(H,10,11);1H3,(H,2,3,4). The molecule has 16 heavy (non-hydrogen) atoms. The molecule has 2 N–H and O–H groups in total. The summed E-state index contributed by atoms with van der Waals surface area (Å²) in [6, 6.07) is 9.19. The maximum atomic E-state index is 10.5. The molecule has 1 aromatic carbocycles. The fraction of sp³-hybridized carbons (Fsp3) is 0.300. The van der Waals surface area contributed by atoms with Gasteiger partial charge in [0, 0.05) is 0 Å². The molecule has 0 aliphatic rings. The Morgan fingerprint density at radius 3 is 1.94 bits per heavy atom. The minimum atomic E-state index is -3.67. The Morgan fingerprint density at radius 2 is 1.62 bits per heavy atom. The number of benzene rings is 1. The molecule has 0 spiro atoms. The molecular formula is C10H14O5S. The van der Waals surface area contributed by atoms with Gasteiger partial charge in [0.2, 0.25) is 0 Å². The Labute approximate surface area is 94.5 Å². The minimum Gasteiger partial charge on any atom is -0.481 e. The van der Waals surface area contributed by atoms with Crippen LogP contribution < -0.4 is 0 Å². The van der Waals surface area contributed by atoms with Crippen LogP contribution in [0.15, 0.2) is 30.3 Å². The number of aliphatic carboxylic acids is 1. The molecular weight excluding hydrogens is 232 g/mol. The maximum Gasteiger partial charge on any atom is 0.310 e. The molecule has 0 bridgehead atoms. The van der Waals surface area contributed by atoms with Crippen LogP contribution in [0.5, 0.6) is 0 Å². The van der Waals surface area contributed by atoms with E-state index in [1.54, 1.807) is 6.92 Å². The van der Waals surface area contributed by atoms with Gasteiger partial charge in [0.05, 0.1) is 12.2 Å². The first-order valence-electron chi connectivity index (χ1n) is 4.42. The quantitative estimate of drug-likeness (QED) is 0.769. The molecule has 0 aliphatic carbocycles. The summed E-state index contributed by atoms with van der Waals surface area (Å²) in [6.45, 7) is 1.68. The van der Waals surface area contributed by atoms with Gasteiger partial charge in [0.25, 0.3) is 10.1 Å². The Hall–Kier alpha value is -1.40. The molecule has 0 saturated heterocycles. The molecule has 0 saturated carbocycles. The van der Waals surface area contributed by atoms with Crippen molar-refractivity contribution in [2.24, 2.45) is 0 Å². The molecule has 90 valence electrons. The Balaban J connectivity index is 0.000000385. The van der Waals surface area contributed by atoms with Gasteiger partial charge in [0.1, 0.15) is 0 Å². The van der Waals surface area contributed by atoms with Crippen molar-refractivity contribution in [1.82, 2.24) is 0 Å². The number of hydrogen-bond donors (Lipinski definition) is 2. The normalized spacial score (nSPS) is 12.2. The first-order valence-corrected chi connectivity index (χ1v) is 6.27. The molecule has 0 aromatic heterocycles. The molecule has 1 aromatic rings. The average molecular weight is 246 g/mol. The van der Waals surface area contributed by atoms with E-state index >= 15 is 0 Å². The zero-order valence-corrected chi connectivity index (χ0v) is 9.81. The number of rotatable bonds is 2. The van der Waals surface area contributed by atoms with E-state index in [1.165, 1.54) is 0 Å². The topological polar surface area (TPSA) is 91.7 Å². The van der Waals surface area contributed by atoms with Gasteiger partial charge in [-0.3, -0.25) is 9.35 Å². The van der Waals surface area contributed by atoms with Crippen molar-refractivity contribution in [2.75, 3.05) is 6.26 Å². The van der Waals surface area contributed by atoms with E-state index in [4.69, 9.17) is 9.66 Å². The largest absolute Gasteiger partial charge is 0.481 e. The van der Waals surface area contributed by atoms with E-state index in [1.807, 2.05) is 30.3 Å². The smallest absolute Gasteiger partial charge is 0.310 e. The lowest BCUT2D eigenvalue weighted by molar-refractivity contribution is -0.138. The second-order valence-electron chi connectivity index (χ2n) is 3.20. The SMILES string of the molecule is CC(C(=O)O)c1ccccc1.CS(=O)(=O)O. The predicted molar refractivity (Wildman–Crippen MR) is 60.0 cm³/mol. The summed E-state index contributed by atoms with van der Waals surface area (Å²) in [4.78, 5) is 10.5. The summed E-state index contributed by atoms with van der Waals surface area (Å²) in [5.41, 5.74) is 0.847. The monoisotopic (exact) mass is 246 g/mol. The molecule has 5 nitrogen and oxygen atoms in total. The summed E-state index contributed by atoms with van der Waals surface area (Å²) in [5, 5.41) is 8.64. The van der Waals surface area contributed by atoms with Crippen molar-refractivity contribution in [1.29, 1.82) is 0 Å². The second kappa shape index (κ2) is 6.24. The number of carboxylic acid groups (broad SMARTS) is 1. The van der Waals surface area contributed by atoms with Gasteiger partial charge in [-0.15, -0.1) is 0 Å². The lowest BCUT2D eigenvalue weighted by Crippen LogP contribution is -2.06. The van der Waals surface area contributed by atoms with Gasteiger partial charge < -0.3 is 5.11 Å². The molecule has 6 heteroatoms. The molecule has 0 radical (unpaired) electrons. The van der Waals surface area contributed by atoms with Crippen LogP contribution in [-0.2, 0) is 14.9 Å². The highest BCUT2D eigenvalue weighted by Crippen LogP contribution is 2.13. The molecule has 1 atom stereocenters. The van der Waals surface area contributed by atoms with Crippen molar-refractivity contribution in [3.8, 4) is 0 Å². The highest BCUT2D eigenvalue weighted by Gasteiger charge is 2.11. The van der Waals surface area contributed by atoms with Crippen LogP contribution in [0, 0.1) is 0 Å². The summed E-state index contributed by atoms with van der Waals surface area (Å²) < 4.78 is 25.9. The third-order valence-electron chi connectivity index (χ3n) is 1.67.